The molecular weight excluding hydrogens is 216 g/mol. The Morgan fingerprint density at radius 1 is 1.06 bits per heavy atom. The van der Waals surface area contributed by atoms with Crippen molar-refractivity contribution in [1.29, 1.82) is 0 Å². The number of carbonyl (C=O) groups excluding carboxylic acids is 1. The average Bonchev–Trinajstić information content (AvgIpc) is 2.81. The van der Waals surface area contributed by atoms with Crippen LogP contribution in [-0.4, -0.2) is 5.78 Å². The van der Waals surface area contributed by atoms with Crippen molar-refractivity contribution in [2.24, 2.45) is 0 Å². The first-order chi connectivity index (χ1) is 7.68. The lowest BCUT2D eigenvalue weighted by atomic mass is 9.99. The summed E-state index contributed by atoms with van der Waals surface area (Å²) in [5.74, 6) is 0.613. The predicted octanol–water partition coefficient (Wildman–Crippen LogP) is 4.10. The molecule has 0 amide bonds. The molecule has 0 spiro atoms. The first kappa shape index (κ1) is 11.1. The van der Waals surface area contributed by atoms with Crippen LogP contribution in [-0.2, 0) is 0 Å². The molecule has 2 heteroatoms. The monoisotopic (exact) mass is 230 g/mol. The first-order valence-electron chi connectivity index (χ1n) is 5.35. The Morgan fingerprint density at radius 2 is 1.75 bits per heavy atom. The first-order valence-corrected chi connectivity index (χ1v) is 6.29. The molecule has 2 aromatic rings. The van der Waals surface area contributed by atoms with Gasteiger partial charge in [0.05, 0.1) is 0 Å². The summed E-state index contributed by atoms with van der Waals surface area (Å²) in [7, 11) is 0. The van der Waals surface area contributed by atoms with Crippen molar-refractivity contribution in [3.63, 3.8) is 0 Å². The van der Waals surface area contributed by atoms with Gasteiger partial charge in [0.15, 0.2) is 5.78 Å². The molecule has 0 aliphatic rings. The summed E-state index contributed by atoms with van der Waals surface area (Å²) in [5, 5.41) is 3.81. The minimum atomic E-state index is 0.108. The molecule has 1 aromatic heterocycles. The summed E-state index contributed by atoms with van der Waals surface area (Å²) < 4.78 is 0. The van der Waals surface area contributed by atoms with Crippen molar-refractivity contribution < 1.29 is 4.79 Å². The van der Waals surface area contributed by atoms with E-state index in [0.717, 1.165) is 11.1 Å². The summed E-state index contributed by atoms with van der Waals surface area (Å²) in [4.78, 5) is 12.0. The third-order valence-electron chi connectivity index (χ3n) is 2.62. The molecule has 0 saturated carbocycles. The Kier molecular flexibility index (Phi) is 3.20. The van der Waals surface area contributed by atoms with E-state index in [9.17, 15) is 4.79 Å². The molecule has 0 saturated heterocycles. The number of hydrogen-bond donors (Lipinski definition) is 0. The van der Waals surface area contributed by atoms with Crippen LogP contribution in [0.5, 0.6) is 0 Å². The van der Waals surface area contributed by atoms with Crippen molar-refractivity contribution >= 4 is 17.1 Å². The van der Waals surface area contributed by atoms with Gasteiger partial charge in [0.2, 0.25) is 0 Å². The van der Waals surface area contributed by atoms with Crippen LogP contribution >= 0.6 is 11.3 Å². The molecule has 0 unspecified atom stereocenters. The summed E-state index contributed by atoms with van der Waals surface area (Å²) in [6, 6.07) is 9.75. The molecule has 0 aliphatic heterocycles. The van der Waals surface area contributed by atoms with E-state index in [0.29, 0.717) is 5.92 Å². The van der Waals surface area contributed by atoms with Crippen LogP contribution in [0.1, 0.15) is 41.3 Å². The Labute approximate surface area is 99.8 Å². The number of ketones is 1. The van der Waals surface area contributed by atoms with Crippen LogP contribution in [0.2, 0.25) is 0 Å². The third kappa shape index (κ3) is 2.22. The zero-order valence-corrected chi connectivity index (χ0v) is 10.3. The minimum absolute atomic E-state index is 0.108. The summed E-state index contributed by atoms with van der Waals surface area (Å²) in [6.07, 6.45) is 0. The van der Waals surface area contributed by atoms with Crippen LogP contribution in [0.25, 0.3) is 0 Å². The highest BCUT2D eigenvalue weighted by molar-refractivity contribution is 7.08. The fourth-order valence-corrected chi connectivity index (χ4v) is 2.22. The van der Waals surface area contributed by atoms with Gasteiger partial charge in [-0.15, -0.1) is 0 Å². The van der Waals surface area contributed by atoms with Gasteiger partial charge >= 0.3 is 0 Å². The maximum absolute atomic E-state index is 12.0. The van der Waals surface area contributed by atoms with E-state index in [-0.39, 0.29) is 5.78 Å². The maximum Gasteiger partial charge on any atom is 0.193 e. The standard InChI is InChI=1S/C14H14OS/c1-10(2)11-3-5-12(6-4-11)14(15)13-7-8-16-9-13/h3-10H,1-2H3. The van der Waals surface area contributed by atoms with Crippen LogP contribution in [0.3, 0.4) is 0 Å². The Balaban J connectivity index is 2.25. The zero-order chi connectivity index (χ0) is 11.5. The van der Waals surface area contributed by atoms with Gasteiger partial charge in [-0.2, -0.15) is 11.3 Å². The number of thiophene rings is 1. The van der Waals surface area contributed by atoms with Gasteiger partial charge in [-0.25, -0.2) is 0 Å². The molecule has 2 rings (SSSR count). The highest BCUT2D eigenvalue weighted by Gasteiger charge is 2.09. The fourth-order valence-electron chi connectivity index (χ4n) is 1.58. The molecule has 82 valence electrons. The normalized spacial score (nSPS) is 10.7. The molecule has 0 N–H and O–H groups in total. The number of hydrogen-bond acceptors (Lipinski definition) is 2. The Morgan fingerprint density at radius 3 is 2.25 bits per heavy atom. The van der Waals surface area contributed by atoms with Gasteiger partial charge < -0.3 is 0 Å². The molecule has 0 radical (unpaired) electrons. The van der Waals surface area contributed by atoms with Crippen LogP contribution < -0.4 is 0 Å². The molecular formula is C14H14OS. The predicted molar refractivity (Wildman–Crippen MR) is 68.3 cm³/mol. The van der Waals surface area contributed by atoms with E-state index in [1.54, 1.807) is 11.3 Å². The Bertz CT molecular complexity index is 466. The third-order valence-corrected chi connectivity index (χ3v) is 3.31. The summed E-state index contributed by atoms with van der Waals surface area (Å²) in [6.45, 7) is 4.30. The number of carbonyl (C=O) groups is 1. The fraction of sp³-hybridized carbons (Fsp3) is 0.214. The van der Waals surface area contributed by atoms with Crippen LogP contribution in [0, 0.1) is 0 Å². The average molecular weight is 230 g/mol. The number of rotatable bonds is 3. The van der Waals surface area contributed by atoms with Crippen LogP contribution in [0.4, 0.5) is 0 Å². The molecule has 16 heavy (non-hydrogen) atoms. The molecule has 0 bridgehead atoms. The van der Waals surface area contributed by atoms with Gasteiger partial charge in [0, 0.05) is 16.5 Å². The number of benzene rings is 1. The molecule has 0 aliphatic carbocycles. The van der Waals surface area contributed by atoms with Crippen molar-refractivity contribution in [1.82, 2.24) is 0 Å². The molecule has 1 nitrogen and oxygen atoms in total. The minimum Gasteiger partial charge on any atom is -0.289 e. The molecule has 0 fully saturated rings. The van der Waals surface area contributed by atoms with E-state index in [4.69, 9.17) is 0 Å². The smallest absolute Gasteiger partial charge is 0.193 e. The summed E-state index contributed by atoms with van der Waals surface area (Å²) >= 11 is 1.55. The lowest BCUT2D eigenvalue weighted by Gasteiger charge is -2.05. The van der Waals surface area contributed by atoms with Gasteiger partial charge in [-0.3, -0.25) is 4.79 Å². The maximum atomic E-state index is 12.0. The van der Waals surface area contributed by atoms with Crippen molar-refractivity contribution in [3.8, 4) is 0 Å². The Hall–Kier alpha value is -1.41. The molecule has 1 heterocycles. The summed E-state index contributed by atoms with van der Waals surface area (Å²) in [5.41, 5.74) is 2.81. The SMILES string of the molecule is CC(C)c1ccc(C(=O)c2ccsc2)cc1. The molecule has 0 atom stereocenters. The van der Waals surface area contributed by atoms with E-state index in [1.807, 2.05) is 41.1 Å². The van der Waals surface area contributed by atoms with Gasteiger partial charge in [-0.05, 0) is 22.9 Å². The highest BCUT2D eigenvalue weighted by Crippen LogP contribution is 2.17. The second-order valence-corrected chi connectivity index (χ2v) is 4.90. The van der Waals surface area contributed by atoms with Gasteiger partial charge in [-0.1, -0.05) is 38.1 Å². The lowest BCUT2D eigenvalue weighted by Crippen LogP contribution is -1.99. The second-order valence-electron chi connectivity index (χ2n) is 4.12. The highest BCUT2D eigenvalue weighted by atomic mass is 32.1. The van der Waals surface area contributed by atoms with Crippen molar-refractivity contribution in [2.45, 2.75) is 19.8 Å². The van der Waals surface area contributed by atoms with E-state index < -0.39 is 0 Å². The van der Waals surface area contributed by atoms with Crippen molar-refractivity contribution in [2.75, 3.05) is 0 Å². The lowest BCUT2D eigenvalue weighted by molar-refractivity contribution is 0.103. The van der Waals surface area contributed by atoms with Crippen molar-refractivity contribution in [3.05, 3.63) is 57.8 Å². The van der Waals surface area contributed by atoms with Crippen LogP contribution in [0.15, 0.2) is 41.1 Å². The second kappa shape index (κ2) is 4.62. The van der Waals surface area contributed by atoms with E-state index in [1.165, 1.54) is 5.56 Å². The largest absolute Gasteiger partial charge is 0.289 e. The van der Waals surface area contributed by atoms with Gasteiger partial charge in [0.25, 0.3) is 0 Å². The molecule has 1 aromatic carbocycles. The van der Waals surface area contributed by atoms with E-state index in [2.05, 4.69) is 13.8 Å². The quantitative estimate of drug-likeness (QED) is 0.725. The topological polar surface area (TPSA) is 17.1 Å². The van der Waals surface area contributed by atoms with E-state index >= 15 is 0 Å². The zero-order valence-electron chi connectivity index (χ0n) is 9.44. The van der Waals surface area contributed by atoms with Gasteiger partial charge in [0.1, 0.15) is 0 Å².